The zero-order chi connectivity index (χ0) is 11.1. The van der Waals surface area contributed by atoms with Gasteiger partial charge in [0, 0.05) is 12.1 Å². The van der Waals surface area contributed by atoms with Gasteiger partial charge in [-0.1, -0.05) is 26.2 Å². The van der Waals surface area contributed by atoms with Gasteiger partial charge in [0.1, 0.15) is 0 Å². The van der Waals surface area contributed by atoms with E-state index >= 15 is 0 Å². The molecule has 2 atom stereocenters. The summed E-state index contributed by atoms with van der Waals surface area (Å²) < 4.78 is 0. The molecule has 0 radical (unpaired) electrons. The molecule has 15 heavy (non-hydrogen) atoms. The number of piperidine rings is 1. The fourth-order valence-electron chi connectivity index (χ4n) is 2.33. The maximum absolute atomic E-state index is 3.70. The predicted octanol–water partition coefficient (Wildman–Crippen LogP) is 2.64. The Balaban J connectivity index is 2.02. The number of likely N-dealkylation sites (tertiary alicyclic amines) is 1. The van der Waals surface area contributed by atoms with E-state index < -0.39 is 0 Å². The molecular formula is C13H28N2. The molecule has 1 aliphatic heterocycles. The average Bonchev–Trinajstić information content (AvgIpc) is 2.23. The molecule has 0 bridgehead atoms. The summed E-state index contributed by atoms with van der Waals surface area (Å²) in [6.07, 6.45) is 8.13. The standard InChI is InChI=1S/C13H28N2/c1-4-5-6-7-9-14-13-8-10-15(3)12(2)11-13/h12-14H,4-11H2,1-3H3. The van der Waals surface area contributed by atoms with Gasteiger partial charge in [0.2, 0.25) is 0 Å². The Morgan fingerprint density at radius 3 is 2.73 bits per heavy atom. The van der Waals surface area contributed by atoms with Crippen LogP contribution in [0, 0.1) is 0 Å². The minimum Gasteiger partial charge on any atom is -0.314 e. The van der Waals surface area contributed by atoms with Gasteiger partial charge >= 0.3 is 0 Å². The zero-order valence-corrected chi connectivity index (χ0v) is 10.8. The quantitative estimate of drug-likeness (QED) is 0.681. The van der Waals surface area contributed by atoms with Crippen molar-refractivity contribution in [2.24, 2.45) is 0 Å². The van der Waals surface area contributed by atoms with E-state index in [4.69, 9.17) is 0 Å². The fraction of sp³-hybridized carbons (Fsp3) is 1.00. The van der Waals surface area contributed by atoms with Crippen molar-refractivity contribution >= 4 is 0 Å². The van der Waals surface area contributed by atoms with E-state index in [1.54, 1.807) is 0 Å². The number of rotatable bonds is 6. The minimum absolute atomic E-state index is 0.756. The van der Waals surface area contributed by atoms with Crippen LogP contribution in [0.5, 0.6) is 0 Å². The molecule has 1 aliphatic rings. The summed E-state index contributed by atoms with van der Waals surface area (Å²) in [4.78, 5) is 2.47. The summed E-state index contributed by atoms with van der Waals surface area (Å²) in [5.74, 6) is 0. The molecule has 1 saturated heterocycles. The zero-order valence-electron chi connectivity index (χ0n) is 10.8. The van der Waals surface area contributed by atoms with Gasteiger partial charge in [0.15, 0.2) is 0 Å². The molecule has 0 spiro atoms. The van der Waals surface area contributed by atoms with Crippen LogP contribution in [0.2, 0.25) is 0 Å². The van der Waals surface area contributed by atoms with Crippen molar-refractivity contribution in [2.75, 3.05) is 20.1 Å². The lowest BCUT2D eigenvalue weighted by atomic mass is 9.99. The molecule has 2 unspecified atom stereocenters. The highest BCUT2D eigenvalue weighted by Crippen LogP contribution is 2.15. The van der Waals surface area contributed by atoms with E-state index in [1.165, 1.54) is 51.6 Å². The van der Waals surface area contributed by atoms with E-state index in [0.29, 0.717) is 0 Å². The highest BCUT2D eigenvalue weighted by atomic mass is 15.1. The SMILES string of the molecule is CCCCCCNC1CCN(C)C(C)C1. The fourth-order valence-corrected chi connectivity index (χ4v) is 2.33. The van der Waals surface area contributed by atoms with Gasteiger partial charge in [-0.05, 0) is 46.3 Å². The molecule has 0 saturated carbocycles. The summed E-state index contributed by atoms with van der Waals surface area (Å²) in [5, 5.41) is 3.70. The van der Waals surface area contributed by atoms with Gasteiger partial charge in [-0.3, -0.25) is 0 Å². The van der Waals surface area contributed by atoms with E-state index in [-0.39, 0.29) is 0 Å². The third-order valence-corrected chi connectivity index (χ3v) is 3.67. The van der Waals surface area contributed by atoms with Crippen LogP contribution in [0.4, 0.5) is 0 Å². The highest BCUT2D eigenvalue weighted by Gasteiger charge is 2.21. The van der Waals surface area contributed by atoms with Gasteiger partial charge in [-0.15, -0.1) is 0 Å². The molecule has 1 N–H and O–H groups in total. The predicted molar refractivity (Wildman–Crippen MR) is 67.3 cm³/mol. The first kappa shape index (κ1) is 13.0. The Morgan fingerprint density at radius 2 is 2.07 bits per heavy atom. The van der Waals surface area contributed by atoms with Crippen molar-refractivity contribution in [1.29, 1.82) is 0 Å². The first-order valence-corrected chi connectivity index (χ1v) is 6.67. The maximum atomic E-state index is 3.70. The van der Waals surface area contributed by atoms with E-state index in [2.05, 4.69) is 31.1 Å². The second kappa shape index (κ2) is 7.24. The van der Waals surface area contributed by atoms with E-state index in [9.17, 15) is 0 Å². The number of nitrogens with zero attached hydrogens (tertiary/aromatic N) is 1. The van der Waals surface area contributed by atoms with Gasteiger partial charge in [0.25, 0.3) is 0 Å². The Labute approximate surface area is 95.4 Å². The molecule has 0 amide bonds. The normalized spacial score (nSPS) is 28.2. The molecule has 1 rings (SSSR count). The number of hydrogen-bond acceptors (Lipinski definition) is 2. The molecule has 90 valence electrons. The number of nitrogens with one attached hydrogen (secondary N) is 1. The van der Waals surface area contributed by atoms with Crippen LogP contribution in [0.1, 0.15) is 52.4 Å². The van der Waals surface area contributed by atoms with E-state index in [0.717, 1.165) is 12.1 Å². The Kier molecular flexibility index (Phi) is 6.26. The minimum atomic E-state index is 0.756. The first-order valence-electron chi connectivity index (χ1n) is 6.67. The maximum Gasteiger partial charge on any atom is 0.00940 e. The largest absolute Gasteiger partial charge is 0.314 e. The van der Waals surface area contributed by atoms with Crippen LogP contribution in [0.25, 0.3) is 0 Å². The first-order chi connectivity index (χ1) is 7.24. The lowest BCUT2D eigenvalue weighted by Crippen LogP contribution is -2.45. The summed E-state index contributed by atoms with van der Waals surface area (Å²) in [7, 11) is 2.24. The molecule has 2 heteroatoms. The molecule has 1 fully saturated rings. The van der Waals surface area contributed by atoms with Gasteiger partial charge in [-0.2, -0.15) is 0 Å². The monoisotopic (exact) mass is 212 g/mol. The van der Waals surface area contributed by atoms with Crippen LogP contribution >= 0.6 is 0 Å². The second-order valence-electron chi connectivity index (χ2n) is 5.07. The highest BCUT2D eigenvalue weighted by molar-refractivity contribution is 4.80. The van der Waals surface area contributed by atoms with E-state index in [1.807, 2.05) is 0 Å². The van der Waals surface area contributed by atoms with Crippen LogP contribution in [-0.4, -0.2) is 37.1 Å². The van der Waals surface area contributed by atoms with Crippen LogP contribution in [-0.2, 0) is 0 Å². The second-order valence-corrected chi connectivity index (χ2v) is 5.07. The van der Waals surface area contributed by atoms with Crippen molar-refractivity contribution < 1.29 is 0 Å². The molecular weight excluding hydrogens is 184 g/mol. The van der Waals surface area contributed by atoms with Gasteiger partial charge in [-0.25, -0.2) is 0 Å². The molecule has 0 aromatic rings. The lowest BCUT2D eigenvalue weighted by Gasteiger charge is -2.35. The van der Waals surface area contributed by atoms with Gasteiger partial charge in [0.05, 0.1) is 0 Å². The van der Waals surface area contributed by atoms with Crippen molar-refractivity contribution in [2.45, 2.75) is 64.5 Å². The third-order valence-electron chi connectivity index (χ3n) is 3.67. The Bertz CT molecular complexity index is 159. The number of unbranched alkanes of at least 4 members (excludes halogenated alkanes) is 3. The molecule has 1 heterocycles. The Hall–Kier alpha value is -0.0800. The molecule has 0 aromatic carbocycles. The summed E-state index contributed by atoms with van der Waals surface area (Å²) in [6.45, 7) is 7.09. The van der Waals surface area contributed by atoms with Gasteiger partial charge < -0.3 is 10.2 Å². The Morgan fingerprint density at radius 1 is 1.27 bits per heavy atom. The topological polar surface area (TPSA) is 15.3 Å². The average molecular weight is 212 g/mol. The lowest BCUT2D eigenvalue weighted by molar-refractivity contribution is 0.168. The smallest absolute Gasteiger partial charge is 0.00940 e. The molecule has 2 nitrogen and oxygen atoms in total. The van der Waals surface area contributed by atoms with Crippen LogP contribution in [0.3, 0.4) is 0 Å². The van der Waals surface area contributed by atoms with Crippen molar-refractivity contribution in [1.82, 2.24) is 10.2 Å². The van der Waals surface area contributed by atoms with Crippen molar-refractivity contribution in [3.8, 4) is 0 Å². The third kappa shape index (κ3) is 4.98. The van der Waals surface area contributed by atoms with Crippen LogP contribution in [0.15, 0.2) is 0 Å². The van der Waals surface area contributed by atoms with Crippen molar-refractivity contribution in [3.63, 3.8) is 0 Å². The molecule has 0 aromatic heterocycles. The summed E-state index contributed by atoms with van der Waals surface area (Å²) in [5.41, 5.74) is 0. The van der Waals surface area contributed by atoms with Crippen LogP contribution < -0.4 is 5.32 Å². The summed E-state index contributed by atoms with van der Waals surface area (Å²) >= 11 is 0. The number of hydrogen-bond donors (Lipinski definition) is 1. The molecule has 0 aliphatic carbocycles. The summed E-state index contributed by atoms with van der Waals surface area (Å²) in [6, 6.07) is 1.53. The van der Waals surface area contributed by atoms with Crippen molar-refractivity contribution in [3.05, 3.63) is 0 Å².